The smallest absolute Gasteiger partial charge is 0.338 e. The van der Waals surface area contributed by atoms with Gasteiger partial charge in [-0.2, -0.15) is 10.5 Å². The number of carbonyl (C=O) groups excluding carboxylic acids is 2. The van der Waals surface area contributed by atoms with Crippen molar-refractivity contribution in [2.75, 3.05) is 24.4 Å². The average molecular weight is 440 g/mol. The number of rotatable bonds is 10. The number of nitrogens with zero attached hydrogens (tertiary/aromatic N) is 3. The Hall–Kier alpha value is -3.89. The zero-order chi connectivity index (χ0) is 22.7. The highest BCUT2D eigenvalue weighted by molar-refractivity contribution is 7.92. The first-order chi connectivity index (χ1) is 14.9. The summed E-state index contributed by atoms with van der Waals surface area (Å²) in [6, 6.07) is 17.3. The van der Waals surface area contributed by atoms with Gasteiger partial charge in [-0.1, -0.05) is 24.3 Å². The van der Waals surface area contributed by atoms with Crippen molar-refractivity contribution in [3.8, 4) is 12.1 Å². The van der Waals surface area contributed by atoms with Gasteiger partial charge in [-0.25, -0.2) is 13.2 Å². The number of anilines is 1. The van der Waals surface area contributed by atoms with Gasteiger partial charge in [-0.3, -0.25) is 9.52 Å². The van der Waals surface area contributed by atoms with Crippen LogP contribution in [0.1, 0.15) is 23.2 Å². The molecule has 0 fully saturated rings. The average Bonchev–Trinajstić information content (AvgIpc) is 2.78. The third-order valence-electron chi connectivity index (χ3n) is 4.07. The van der Waals surface area contributed by atoms with Crippen LogP contribution in [0.25, 0.3) is 0 Å². The number of sulfonamides is 1. The first kappa shape index (κ1) is 23.4. The highest BCUT2D eigenvalue weighted by Gasteiger charge is 2.18. The number of esters is 1. The summed E-state index contributed by atoms with van der Waals surface area (Å²) in [5.41, 5.74) is 0.218. The predicted octanol–water partition coefficient (Wildman–Crippen LogP) is 2.30. The van der Waals surface area contributed by atoms with Crippen LogP contribution in [0, 0.1) is 22.7 Å². The molecule has 10 heteroatoms. The Morgan fingerprint density at radius 2 is 1.61 bits per heavy atom. The molecule has 0 heterocycles. The molecule has 1 N–H and O–H groups in total. The van der Waals surface area contributed by atoms with Crippen LogP contribution in [-0.4, -0.2) is 44.9 Å². The summed E-state index contributed by atoms with van der Waals surface area (Å²) in [5, 5.41) is 17.4. The van der Waals surface area contributed by atoms with E-state index in [0.29, 0.717) is 0 Å². The fraction of sp³-hybridized carbons (Fsp3) is 0.238. The number of nitrogens with one attached hydrogen (secondary N) is 1. The van der Waals surface area contributed by atoms with E-state index < -0.39 is 28.5 Å². The molecule has 0 aliphatic carbocycles. The van der Waals surface area contributed by atoms with E-state index in [-0.39, 0.29) is 42.1 Å². The third-order valence-corrected chi connectivity index (χ3v) is 5.47. The van der Waals surface area contributed by atoms with Gasteiger partial charge in [0.05, 0.1) is 35.4 Å². The summed E-state index contributed by atoms with van der Waals surface area (Å²) < 4.78 is 32.3. The number of benzene rings is 2. The molecule has 2 aromatic carbocycles. The Balaban J connectivity index is 2.02. The van der Waals surface area contributed by atoms with E-state index in [4.69, 9.17) is 15.3 Å². The normalized spacial score (nSPS) is 10.4. The van der Waals surface area contributed by atoms with Crippen LogP contribution in [0.2, 0.25) is 0 Å². The molecule has 1 amide bonds. The lowest BCUT2D eigenvalue weighted by Crippen LogP contribution is -2.36. The van der Waals surface area contributed by atoms with Gasteiger partial charge in [0.2, 0.25) is 0 Å². The molecule has 160 valence electrons. The number of hydrogen-bond donors (Lipinski definition) is 1. The summed E-state index contributed by atoms with van der Waals surface area (Å²) in [6.07, 6.45) is 0.184. The van der Waals surface area contributed by atoms with Crippen molar-refractivity contribution in [3.05, 3.63) is 60.2 Å². The molecular formula is C21H20N4O5S. The van der Waals surface area contributed by atoms with Gasteiger partial charge in [0.25, 0.3) is 15.9 Å². The van der Waals surface area contributed by atoms with E-state index in [1.54, 1.807) is 18.2 Å². The molecule has 0 atom stereocenters. The lowest BCUT2D eigenvalue weighted by Gasteiger charge is -2.20. The molecule has 31 heavy (non-hydrogen) atoms. The summed E-state index contributed by atoms with van der Waals surface area (Å²) in [4.78, 5) is 25.9. The maximum atomic E-state index is 12.4. The monoisotopic (exact) mass is 440 g/mol. The van der Waals surface area contributed by atoms with Crippen molar-refractivity contribution in [1.82, 2.24) is 4.90 Å². The van der Waals surface area contributed by atoms with E-state index in [0.717, 1.165) is 0 Å². The Kier molecular flexibility index (Phi) is 8.55. The molecule has 0 saturated heterocycles. The molecule has 0 radical (unpaired) electrons. The first-order valence-corrected chi connectivity index (χ1v) is 10.7. The molecule has 0 aromatic heterocycles. The van der Waals surface area contributed by atoms with Crippen molar-refractivity contribution in [2.45, 2.75) is 17.7 Å². The number of nitriles is 2. The predicted molar refractivity (Wildman–Crippen MR) is 111 cm³/mol. The lowest BCUT2D eigenvalue weighted by molar-refractivity contribution is -0.134. The number of carbonyl (C=O) groups is 2. The van der Waals surface area contributed by atoms with Crippen molar-refractivity contribution in [3.63, 3.8) is 0 Å². The Morgan fingerprint density at radius 3 is 2.23 bits per heavy atom. The van der Waals surface area contributed by atoms with Gasteiger partial charge in [0.15, 0.2) is 6.61 Å². The number of hydrogen-bond acceptors (Lipinski definition) is 7. The number of amides is 1. The van der Waals surface area contributed by atoms with Crippen molar-refractivity contribution >= 4 is 27.6 Å². The van der Waals surface area contributed by atoms with Crippen LogP contribution in [-0.2, 0) is 19.6 Å². The van der Waals surface area contributed by atoms with Crippen LogP contribution < -0.4 is 4.72 Å². The van der Waals surface area contributed by atoms with Crippen molar-refractivity contribution in [1.29, 1.82) is 10.5 Å². The van der Waals surface area contributed by atoms with Crippen LogP contribution in [0.4, 0.5) is 5.69 Å². The zero-order valence-electron chi connectivity index (χ0n) is 16.5. The van der Waals surface area contributed by atoms with E-state index in [1.165, 1.54) is 41.3 Å². The summed E-state index contributed by atoms with van der Waals surface area (Å²) >= 11 is 0. The Labute approximate surface area is 180 Å². The highest BCUT2D eigenvalue weighted by Crippen LogP contribution is 2.17. The Bertz CT molecular complexity index is 1090. The molecule has 2 rings (SSSR count). The minimum absolute atomic E-state index is 0.0571. The summed E-state index contributed by atoms with van der Waals surface area (Å²) in [5.74, 6) is -1.34. The van der Waals surface area contributed by atoms with Gasteiger partial charge in [-0.05, 0) is 30.3 Å². The minimum Gasteiger partial charge on any atom is -0.452 e. The third kappa shape index (κ3) is 7.14. The zero-order valence-corrected chi connectivity index (χ0v) is 17.3. The van der Waals surface area contributed by atoms with Gasteiger partial charge >= 0.3 is 5.97 Å². The molecule has 0 saturated carbocycles. The second-order valence-electron chi connectivity index (χ2n) is 6.27. The van der Waals surface area contributed by atoms with Crippen LogP contribution in [0.15, 0.2) is 59.5 Å². The molecular weight excluding hydrogens is 420 g/mol. The molecule has 2 aromatic rings. The van der Waals surface area contributed by atoms with E-state index in [2.05, 4.69) is 4.72 Å². The molecule has 0 aliphatic rings. The lowest BCUT2D eigenvalue weighted by atomic mass is 10.2. The van der Waals surface area contributed by atoms with Gasteiger partial charge in [-0.15, -0.1) is 0 Å². The molecule has 0 unspecified atom stereocenters. The van der Waals surface area contributed by atoms with E-state index in [1.807, 2.05) is 12.1 Å². The molecule has 0 spiro atoms. The molecule has 9 nitrogen and oxygen atoms in total. The van der Waals surface area contributed by atoms with Gasteiger partial charge < -0.3 is 9.64 Å². The van der Waals surface area contributed by atoms with Crippen LogP contribution in [0.5, 0.6) is 0 Å². The maximum Gasteiger partial charge on any atom is 0.338 e. The van der Waals surface area contributed by atoms with E-state index >= 15 is 0 Å². The second kappa shape index (κ2) is 11.3. The topological polar surface area (TPSA) is 140 Å². The van der Waals surface area contributed by atoms with Crippen LogP contribution >= 0.6 is 0 Å². The summed E-state index contributed by atoms with van der Waals surface area (Å²) in [7, 11) is -3.83. The molecule has 0 aliphatic heterocycles. The van der Waals surface area contributed by atoms with Crippen LogP contribution in [0.3, 0.4) is 0 Å². The highest BCUT2D eigenvalue weighted by atomic mass is 32.2. The SMILES string of the molecule is N#CCCN(CCC#N)C(=O)COC(=O)c1cccc(NS(=O)(=O)c2ccccc2)c1. The maximum absolute atomic E-state index is 12.4. The Morgan fingerprint density at radius 1 is 0.968 bits per heavy atom. The second-order valence-corrected chi connectivity index (χ2v) is 7.95. The molecule has 0 bridgehead atoms. The summed E-state index contributed by atoms with van der Waals surface area (Å²) in [6.45, 7) is -0.299. The van der Waals surface area contributed by atoms with Crippen molar-refractivity contribution < 1.29 is 22.7 Å². The fourth-order valence-electron chi connectivity index (χ4n) is 2.56. The minimum atomic E-state index is -3.83. The van der Waals surface area contributed by atoms with Gasteiger partial charge in [0, 0.05) is 18.8 Å². The largest absolute Gasteiger partial charge is 0.452 e. The van der Waals surface area contributed by atoms with Crippen molar-refractivity contribution in [2.24, 2.45) is 0 Å². The quantitative estimate of drug-likeness (QED) is 0.559. The van der Waals surface area contributed by atoms with Gasteiger partial charge in [0.1, 0.15) is 0 Å². The van der Waals surface area contributed by atoms with E-state index in [9.17, 15) is 18.0 Å². The number of ether oxygens (including phenoxy) is 1. The first-order valence-electron chi connectivity index (χ1n) is 9.24. The fourth-order valence-corrected chi connectivity index (χ4v) is 3.63. The standard InChI is InChI=1S/C21H20N4O5S/c22-11-5-13-25(14-6-12-23)20(26)16-30-21(27)17-7-4-8-18(15-17)24-31(28,29)19-9-2-1-3-10-19/h1-4,7-10,15,24H,5-6,13-14,16H2.